The third-order valence-corrected chi connectivity index (χ3v) is 7.24. The van der Waals surface area contributed by atoms with Crippen LogP contribution in [0.4, 0.5) is 5.95 Å². The number of imidazole rings is 1. The number of esters is 3. The highest BCUT2D eigenvalue weighted by atomic mass is 16.7. The van der Waals surface area contributed by atoms with E-state index in [2.05, 4.69) is 15.0 Å². The molecule has 0 amide bonds. The summed E-state index contributed by atoms with van der Waals surface area (Å²) in [5, 5.41) is 0. The lowest BCUT2D eigenvalue weighted by molar-refractivity contribution is -0.108. The van der Waals surface area contributed by atoms with E-state index in [1.807, 2.05) is 0 Å². The van der Waals surface area contributed by atoms with Gasteiger partial charge in [0.25, 0.3) is 0 Å². The molecule has 1 fully saturated rings. The molecule has 3 aromatic carbocycles. The highest BCUT2D eigenvalue weighted by Crippen LogP contribution is 2.45. The summed E-state index contributed by atoms with van der Waals surface area (Å²) in [5.41, 5.74) is 5.74. The maximum Gasteiger partial charge on any atom is 0.338 e. The van der Waals surface area contributed by atoms with Gasteiger partial charge in [-0.2, -0.15) is 4.98 Å². The Labute approximate surface area is 251 Å². The van der Waals surface area contributed by atoms with E-state index in [1.54, 1.807) is 97.9 Å². The Hall–Kier alpha value is -5.62. The number of aromatic nitrogens is 4. The summed E-state index contributed by atoms with van der Waals surface area (Å²) in [6, 6.07) is 25.1. The molecule has 44 heavy (non-hydrogen) atoms. The molecule has 2 N–H and O–H groups in total. The molecule has 5 aromatic rings. The maximum atomic E-state index is 13.5. The Kier molecular flexibility index (Phi) is 7.73. The minimum Gasteiger partial charge on any atom is -0.459 e. The first-order valence-electron chi connectivity index (χ1n) is 13.7. The zero-order valence-corrected chi connectivity index (χ0v) is 23.5. The number of nitrogens with two attached hydrogens (primary N) is 1. The summed E-state index contributed by atoms with van der Waals surface area (Å²) in [4.78, 5) is 52.5. The molecule has 222 valence electrons. The summed E-state index contributed by atoms with van der Waals surface area (Å²) < 4.78 is 25.8. The first-order chi connectivity index (χ1) is 21.3. The van der Waals surface area contributed by atoms with Gasteiger partial charge < -0.3 is 24.7 Å². The Bertz CT molecular complexity index is 1800. The number of fused-ring (bicyclic) bond motifs is 1. The molecule has 0 aliphatic carbocycles. The minimum absolute atomic E-state index is 0.0133. The number of nitrogens with zero attached hydrogens (tertiary/aromatic N) is 4. The van der Waals surface area contributed by atoms with Gasteiger partial charge in [-0.1, -0.05) is 54.6 Å². The molecule has 0 bridgehead atoms. The smallest absolute Gasteiger partial charge is 0.338 e. The number of ether oxygens (including phenoxy) is 4. The normalized spacial score (nSPS) is 21.1. The monoisotopic (exact) mass is 593 g/mol. The molecular weight excluding hydrogens is 566 g/mol. The average Bonchev–Trinajstić information content (AvgIpc) is 3.58. The van der Waals surface area contributed by atoms with Crippen LogP contribution in [0.3, 0.4) is 0 Å². The molecule has 0 radical (unpaired) electrons. The van der Waals surface area contributed by atoms with Crippen molar-refractivity contribution in [3.05, 3.63) is 120 Å². The van der Waals surface area contributed by atoms with Crippen molar-refractivity contribution in [3.63, 3.8) is 0 Å². The Balaban J connectivity index is 1.41. The van der Waals surface area contributed by atoms with Gasteiger partial charge in [-0.3, -0.25) is 4.57 Å². The Morgan fingerprint density at radius 3 is 2.02 bits per heavy atom. The van der Waals surface area contributed by atoms with Crippen molar-refractivity contribution < 1.29 is 33.3 Å². The summed E-state index contributed by atoms with van der Waals surface area (Å²) >= 11 is 0. The van der Waals surface area contributed by atoms with Gasteiger partial charge in [0.05, 0.1) is 29.2 Å². The van der Waals surface area contributed by atoms with Crippen molar-refractivity contribution in [2.75, 3.05) is 12.3 Å². The highest BCUT2D eigenvalue weighted by Gasteiger charge is 2.60. The van der Waals surface area contributed by atoms with Gasteiger partial charge >= 0.3 is 17.9 Å². The average molecular weight is 594 g/mol. The van der Waals surface area contributed by atoms with Crippen LogP contribution in [0.1, 0.15) is 44.2 Å². The van der Waals surface area contributed by atoms with E-state index in [0.29, 0.717) is 16.7 Å². The van der Waals surface area contributed by atoms with E-state index in [9.17, 15) is 14.4 Å². The van der Waals surface area contributed by atoms with Crippen LogP contribution in [-0.2, 0) is 18.9 Å². The maximum absolute atomic E-state index is 13.5. The molecule has 0 spiro atoms. The summed E-state index contributed by atoms with van der Waals surface area (Å²) in [7, 11) is 0. The number of nitrogen functional groups attached to an aromatic ring is 1. The van der Waals surface area contributed by atoms with Crippen molar-refractivity contribution in [1.29, 1.82) is 0 Å². The van der Waals surface area contributed by atoms with E-state index in [-0.39, 0.29) is 23.7 Å². The number of carbonyl (C=O) groups is 3. The second kappa shape index (κ2) is 11.9. The lowest BCUT2D eigenvalue weighted by Crippen LogP contribution is -2.50. The van der Waals surface area contributed by atoms with Crippen LogP contribution >= 0.6 is 0 Å². The van der Waals surface area contributed by atoms with Crippen LogP contribution in [0.25, 0.3) is 11.2 Å². The van der Waals surface area contributed by atoms with Crippen LogP contribution < -0.4 is 5.73 Å². The number of hydrogen-bond donors (Lipinski definition) is 1. The van der Waals surface area contributed by atoms with E-state index in [1.165, 1.54) is 17.1 Å². The molecule has 12 nitrogen and oxygen atoms in total. The highest BCUT2D eigenvalue weighted by molar-refractivity contribution is 5.91. The summed E-state index contributed by atoms with van der Waals surface area (Å²) in [6.45, 7) is 1.25. The SMILES string of the molecule is CC1(OC(=O)c2ccccc2)C(OC(=O)c2ccccc2)C(COC(=O)c2ccccc2)OC1n1cnc2cnc(N)nc21. The molecular formula is C32H27N5O7. The summed E-state index contributed by atoms with van der Waals surface area (Å²) in [5.74, 6) is -2.01. The predicted octanol–water partition coefficient (Wildman–Crippen LogP) is 4.00. The second-order valence-electron chi connectivity index (χ2n) is 10.2. The van der Waals surface area contributed by atoms with Crippen molar-refractivity contribution in [3.8, 4) is 0 Å². The van der Waals surface area contributed by atoms with Crippen molar-refractivity contribution in [2.45, 2.75) is 31.0 Å². The third kappa shape index (κ3) is 5.57. The lowest BCUT2D eigenvalue weighted by atomic mass is 9.95. The van der Waals surface area contributed by atoms with Crippen molar-refractivity contribution in [1.82, 2.24) is 19.5 Å². The topological polar surface area (TPSA) is 158 Å². The number of hydrogen-bond acceptors (Lipinski definition) is 11. The standard InChI is InChI=1S/C32H27N5O7/c1-32(44-29(40)22-15-9-4-10-16-22)25(43-28(39)21-13-7-3-8-14-21)24(18-41-27(38)20-11-5-2-6-12-20)42-30(32)37-19-35-23-17-34-31(33)36-26(23)37/h2-17,19,24-25,30H,18H2,1H3,(H2,33,34,36). The van der Waals surface area contributed by atoms with E-state index < -0.39 is 41.9 Å². The van der Waals surface area contributed by atoms with Gasteiger partial charge in [-0.15, -0.1) is 0 Å². The van der Waals surface area contributed by atoms with Crippen molar-refractivity contribution >= 4 is 35.0 Å². The second-order valence-corrected chi connectivity index (χ2v) is 10.2. The van der Waals surface area contributed by atoms with Crippen LogP contribution in [0.15, 0.2) is 104 Å². The number of benzene rings is 3. The van der Waals surface area contributed by atoms with Gasteiger partial charge in [-0.05, 0) is 43.3 Å². The molecule has 12 heteroatoms. The van der Waals surface area contributed by atoms with Crippen LogP contribution in [0.5, 0.6) is 0 Å². The fourth-order valence-corrected chi connectivity index (χ4v) is 5.07. The summed E-state index contributed by atoms with van der Waals surface area (Å²) in [6.07, 6.45) is -0.600. The molecule has 2 aromatic heterocycles. The van der Waals surface area contributed by atoms with Crippen LogP contribution in [-0.4, -0.2) is 61.8 Å². The molecule has 1 aliphatic rings. The number of carbonyl (C=O) groups excluding carboxylic acids is 3. The molecule has 0 saturated carbocycles. The first-order valence-corrected chi connectivity index (χ1v) is 13.7. The molecule has 1 saturated heterocycles. The van der Waals surface area contributed by atoms with Gasteiger partial charge in [0.15, 0.2) is 23.6 Å². The largest absolute Gasteiger partial charge is 0.459 e. The Morgan fingerprint density at radius 1 is 0.841 bits per heavy atom. The lowest BCUT2D eigenvalue weighted by Gasteiger charge is -2.34. The van der Waals surface area contributed by atoms with Gasteiger partial charge in [0.2, 0.25) is 5.95 Å². The quantitative estimate of drug-likeness (QED) is 0.205. The molecule has 4 atom stereocenters. The van der Waals surface area contributed by atoms with Gasteiger partial charge in [-0.25, -0.2) is 24.4 Å². The van der Waals surface area contributed by atoms with E-state index in [4.69, 9.17) is 24.7 Å². The fourth-order valence-electron chi connectivity index (χ4n) is 5.07. The Morgan fingerprint density at radius 2 is 1.41 bits per heavy atom. The van der Waals surface area contributed by atoms with Gasteiger partial charge in [0, 0.05) is 0 Å². The van der Waals surface area contributed by atoms with Crippen LogP contribution in [0.2, 0.25) is 0 Å². The zero-order chi connectivity index (χ0) is 30.7. The van der Waals surface area contributed by atoms with Gasteiger partial charge in [0.1, 0.15) is 18.2 Å². The fraction of sp³-hybridized carbons (Fsp3) is 0.188. The minimum atomic E-state index is -1.69. The van der Waals surface area contributed by atoms with Crippen molar-refractivity contribution in [2.24, 2.45) is 0 Å². The molecule has 4 unspecified atom stereocenters. The van der Waals surface area contributed by atoms with Crippen LogP contribution in [0, 0.1) is 0 Å². The first kappa shape index (κ1) is 28.5. The third-order valence-electron chi connectivity index (χ3n) is 7.24. The zero-order valence-electron chi connectivity index (χ0n) is 23.5. The van der Waals surface area contributed by atoms with E-state index >= 15 is 0 Å². The number of anilines is 1. The molecule has 3 heterocycles. The molecule has 6 rings (SSSR count). The van der Waals surface area contributed by atoms with E-state index in [0.717, 1.165) is 0 Å². The molecule has 1 aliphatic heterocycles. The predicted molar refractivity (Wildman–Crippen MR) is 156 cm³/mol. The number of rotatable bonds is 8.